The lowest BCUT2D eigenvalue weighted by molar-refractivity contribution is 0.0773. The van der Waals surface area contributed by atoms with Gasteiger partial charge in [0.1, 0.15) is 17.8 Å². The minimum absolute atomic E-state index is 0.0758. The summed E-state index contributed by atoms with van der Waals surface area (Å²) in [6, 6.07) is 4.89. The highest BCUT2D eigenvalue weighted by atomic mass is 16.2. The van der Waals surface area contributed by atoms with Gasteiger partial charge in [-0.1, -0.05) is 0 Å². The zero-order valence-corrected chi connectivity index (χ0v) is 15.9. The Bertz CT molecular complexity index is 910. The molecule has 0 N–H and O–H groups in total. The molecule has 142 valence electrons. The zero-order chi connectivity index (χ0) is 19.1. The fourth-order valence-electron chi connectivity index (χ4n) is 4.03. The van der Waals surface area contributed by atoms with E-state index in [9.17, 15) is 9.59 Å². The van der Waals surface area contributed by atoms with Crippen LogP contribution in [0.25, 0.3) is 0 Å². The molecule has 2 unspecified atom stereocenters. The lowest BCUT2D eigenvalue weighted by atomic mass is 10.0. The van der Waals surface area contributed by atoms with Crippen molar-refractivity contribution in [2.75, 3.05) is 31.1 Å². The summed E-state index contributed by atoms with van der Waals surface area (Å²) < 4.78 is 1.36. The van der Waals surface area contributed by atoms with Gasteiger partial charge in [0.25, 0.3) is 11.5 Å². The summed E-state index contributed by atoms with van der Waals surface area (Å²) in [5.74, 6) is 1.73. The lowest BCUT2D eigenvalue weighted by Crippen LogP contribution is -2.35. The SMILES string of the molecule is Cc1cc(N2CC3CN(C(=O)c4ccc(=O)n(C(C)C)n4)CC3C2)ncn1. The first-order chi connectivity index (χ1) is 12.9. The van der Waals surface area contributed by atoms with Crippen LogP contribution in [-0.4, -0.2) is 56.7 Å². The highest BCUT2D eigenvalue weighted by Gasteiger charge is 2.42. The van der Waals surface area contributed by atoms with Crippen molar-refractivity contribution >= 4 is 11.7 Å². The number of amides is 1. The number of hydrogen-bond donors (Lipinski definition) is 0. The second-order valence-electron chi connectivity index (χ2n) is 7.75. The van der Waals surface area contributed by atoms with Crippen molar-refractivity contribution in [1.82, 2.24) is 24.6 Å². The number of fused-ring (bicyclic) bond motifs is 1. The van der Waals surface area contributed by atoms with Gasteiger partial charge in [-0.15, -0.1) is 0 Å². The second-order valence-corrected chi connectivity index (χ2v) is 7.75. The Morgan fingerprint density at radius 3 is 2.44 bits per heavy atom. The smallest absolute Gasteiger partial charge is 0.274 e. The third-order valence-corrected chi connectivity index (χ3v) is 5.42. The van der Waals surface area contributed by atoms with E-state index in [1.807, 2.05) is 31.7 Å². The molecule has 27 heavy (non-hydrogen) atoms. The van der Waals surface area contributed by atoms with Gasteiger partial charge in [0.2, 0.25) is 0 Å². The molecule has 8 heteroatoms. The first-order valence-corrected chi connectivity index (χ1v) is 9.35. The fourth-order valence-corrected chi connectivity index (χ4v) is 4.03. The first-order valence-electron chi connectivity index (χ1n) is 9.35. The van der Waals surface area contributed by atoms with Crippen molar-refractivity contribution < 1.29 is 4.79 Å². The topological polar surface area (TPSA) is 84.2 Å². The Balaban J connectivity index is 1.45. The van der Waals surface area contributed by atoms with E-state index in [1.54, 1.807) is 6.33 Å². The molecular weight excluding hydrogens is 344 g/mol. The summed E-state index contributed by atoms with van der Waals surface area (Å²) in [4.78, 5) is 37.4. The average molecular weight is 368 g/mol. The van der Waals surface area contributed by atoms with E-state index in [1.165, 1.54) is 16.8 Å². The molecule has 0 spiro atoms. The van der Waals surface area contributed by atoms with Gasteiger partial charge >= 0.3 is 0 Å². The molecule has 2 aliphatic heterocycles. The van der Waals surface area contributed by atoms with Crippen LogP contribution in [0.1, 0.15) is 36.1 Å². The molecule has 2 aromatic heterocycles. The van der Waals surface area contributed by atoms with E-state index < -0.39 is 0 Å². The molecule has 8 nitrogen and oxygen atoms in total. The van der Waals surface area contributed by atoms with Crippen molar-refractivity contribution in [1.29, 1.82) is 0 Å². The number of hydrogen-bond acceptors (Lipinski definition) is 6. The van der Waals surface area contributed by atoms with Gasteiger partial charge in [-0.2, -0.15) is 5.10 Å². The largest absolute Gasteiger partial charge is 0.356 e. The molecular formula is C19H24N6O2. The summed E-state index contributed by atoms with van der Waals surface area (Å²) in [7, 11) is 0. The van der Waals surface area contributed by atoms with Gasteiger partial charge in [-0.3, -0.25) is 9.59 Å². The fraction of sp³-hybridized carbons (Fsp3) is 0.526. The number of nitrogens with zero attached hydrogens (tertiary/aromatic N) is 6. The molecule has 2 saturated heterocycles. The van der Waals surface area contributed by atoms with Gasteiger partial charge in [0.05, 0.1) is 6.04 Å². The second kappa shape index (κ2) is 6.75. The standard InChI is InChI=1S/C19H24N6O2/c1-12(2)25-18(26)5-4-16(22-25)19(27)24-9-14-7-23(8-15(14)10-24)17-6-13(3)20-11-21-17/h4-6,11-12,14-15H,7-10H2,1-3H3. The Kier molecular flexibility index (Phi) is 4.41. The molecule has 4 heterocycles. The normalized spacial score (nSPS) is 21.8. The van der Waals surface area contributed by atoms with Crippen LogP contribution in [0, 0.1) is 18.8 Å². The third-order valence-electron chi connectivity index (χ3n) is 5.42. The Morgan fingerprint density at radius 2 is 1.81 bits per heavy atom. The maximum atomic E-state index is 12.9. The lowest BCUT2D eigenvalue weighted by Gasteiger charge is -2.22. The van der Waals surface area contributed by atoms with E-state index in [4.69, 9.17) is 0 Å². The molecule has 0 aromatic carbocycles. The number of aromatic nitrogens is 4. The third kappa shape index (κ3) is 3.31. The van der Waals surface area contributed by atoms with Crippen molar-refractivity contribution in [2.45, 2.75) is 26.8 Å². The van der Waals surface area contributed by atoms with Crippen LogP contribution in [0.5, 0.6) is 0 Å². The zero-order valence-electron chi connectivity index (χ0n) is 15.9. The molecule has 2 aliphatic rings. The van der Waals surface area contributed by atoms with Gasteiger partial charge in [0.15, 0.2) is 0 Å². The molecule has 4 rings (SSSR count). The summed E-state index contributed by atoms with van der Waals surface area (Å²) in [5, 5.41) is 4.27. The van der Waals surface area contributed by atoms with E-state index in [0.717, 1.165) is 24.6 Å². The first kappa shape index (κ1) is 17.6. The average Bonchev–Trinajstić information content (AvgIpc) is 3.20. The van der Waals surface area contributed by atoms with Gasteiger partial charge < -0.3 is 9.80 Å². The number of carbonyl (C=O) groups excluding carboxylic acids is 1. The summed E-state index contributed by atoms with van der Waals surface area (Å²) in [6.45, 7) is 8.94. The number of carbonyl (C=O) groups is 1. The van der Waals surface area contributed by atoms with Crippen LogP contribution in [-0.2, 0) is 0 Å². The summed E-state index contributed by atoms with van der Waals surface area (Å²) >= 11 is 0. The van der Waals surface area contributed by atoms with Crippen LogP contribution < -0.4 is 10.5 Å². The number of anilines is 1. The Hall–Kier alpha value is -2.77. The maximum Gasteiger partial charge on any atom is 0.274 e. The molecule has 2 aromatic rings. The minimum atomic E-state index is -0.185. The van der Waals surface area contributed by atoms with Crippen molar-refractivity contribution in [3.05, 3.63) is 46.3 Å². The van der Waals surface area contributed by atoms with E-state index in [0.29, 0.717) is 30.6 Å². The Morgan fingerprint density at radius 1 is 1.11 bits per heavy atom. The predicted octanol–water partition coefficient (Wildman–Crippen LogP) is 1.13. The van der Waals surface area contributed by atoms with Crippen LogP contribution in [0.15, 0.2) is 29.3 Å². The van der Waals surface area contributed by atoms with Gasteiger partial charge in [-0.25, -0.2) is 14.6 Å². The quantitative estimate of drug-likeness (QED) is 0.808. The molecule has 0 bridgehead atoms. The molecule has 0 saturated carbocycles. The van der Waals surface area contributed by atoms with Crippen LogP contribution in [0.2, 0.25) is 0 Å². The van der Waals surface area contributed by atoms with E-state index in [2.05, 4.69) is 20.0 Å². The molecule has 2 atom stereocenters. The number of aryl methyl sites for hydroxylation is 1. The molecule has 0 radical (unpaired) electrons. The predicted molar refractivity (Wildman–Crippen MR) is 101 cm³/mol. The molecule has 0 aliphatic carbocycles. The monoisotopic (exact) mass is 368 g/mol. The van der Waals surface area contributed by atoms with Crippen molar-refractivity contribution in [3.8, 4) is 0 Å². The highest BCUT2D eigenvalue weighted by Crippen LogP contribution is 2.33. The molecule has 1 amide bonds. The minimum Gasteiger partial charge on any atom is -0.356 e. The van der Waals surface area contributed by atoms with Crippen LogP contribution >= 0.6 is 0 Å². The van der Waals surface area contributed by atoms with E-state index in [-0.39, 0.29) is 17.5 Å². The summed E-state index contributed by atoms with van der Waals surface area (Å²) in [5.41, 5.74) is 1.11. The Labute approximate surface area is 157 Å². The number of likely N-dealkylation sites (tertiary alicyclic amines) is 1. The van der Waals surface area contributed by atoms with Crippen molar-refractivity contribution in [2.24, 2.45) is 11.8 Å². The van der Waals surface area contributed by atoms with Crippen LogP contribution in [0.3, 0.4) is 0 Å². The number of rotatable bonds is 3. The van der Waals surface area contributed by atoms with Crippen molar-refractivity contribution in [3.63, 3.8) is 0 Å². The van der Waals surface area contributed by atoms with Crippen LogP contribution in [0.4, 0.5) is 5.82 Å². The summed E-state index contributed by atoms with van der Waals surface area (Å²) in [6.07, 6.45) is 1.60. The van der Waals surface area contributed by atoms with E-state index >= 15 is 0 Å². The highest BCUT2D eigenvalue weighted by molar-refractivity contribution is 5.92. The maximum absolute atomic E-state index is 12.9. The van der Waals surface area contributed by atoms with Gasteiger partial charge in [0, 0.05) is 55.8 Å². The van der Waals surface area contributed by atoms with Gasteiger partial charge in [-0.05, 0) is 26.8 Å². The molecule has 2 fully saturated rings.